The van der Waals surface area contributed by atoms with Crippen LogP contribution >= 0.6 is 0 Å². The number of hydrogen-bond acceptors (Lipinski definition) is 4. The van der Waals surface area contributed by atoms with E-state index in [9.17, 15) is 9.59 Å². The molecular weight excluding hydrogens is 262 g/mol. The molecule has 1 aromatic carbocycles. The fourth-order valence-electron chi connectivity index (χ4n) is 1.62. The second-order valence-electron chi connectivity index (χ2n) is 4.05. The largest absolute Gasteiger partial charge is 0.479 e. The average molecular weight is 275 g/mol. The van der Waals surface area contributed by atoms with E-state index in [2.05, 4.69) is 10.3 Å². The lowest BCUT2D eigenvalue weighted by Gasteiger charge is -2.10. The zero-order valence-corrected chi connectivity index (χ0v) is 10.4. The van der Waals surface area contributed by atoms with E-state index in [1.54, 1.807) is 4.57 Å². The van der Waals surface area contributed by atoms with Gasteiger partial charge >= 0.3 is 5.97 Å². The van der Waals surface area contributed by atoms with Crippen LogP contribution in [0.2, 0.25) is 0 Å². The zero-order valence-electron chi connectivity index (χ0n) is 10.4. The summed E-state index contributed by atoms with van der Waals surface area (Å²) in [6.45, 7) is -0.367. The maximum Gasteiger partial charge on any atom is 0.334 e. The molecule has 0 bridgehead atoms. The van der Waals surface area contributed by atoms with Gasteiger partial charge < -0.3 is 15.5 Å². The average Bonchev–Trinajstić information content (AvgIpc) is 2.94. The second kappa shape index (κ2) is 5.98. The summed E-state index contributed by atoms with van der Waals surface area (Å²) in [5, 5.41) is 20.0. The van der Waals surface area contributed by atoms with Gasteiger partial charge in [-0.1, -0.05) is 18.2 Å². The van der Waals surface area contributed by atoms with Crippen LogP contribution in [0.25, 0.3) is 5.69 Å². The van der Waals surface area contributed by atoms with Crippen LogP contribution in [0.4, 0.5) is 0 Å². The molecule has 20 heavy (non-hydrogen) atoms. The van der Waals surface area contributed by atoms with Crippen LogP contribution in [0.1, 0.15) is 10.5 Å². The summed E-state index contributed by atoms with van der Waals surface area (Å²) >= 11 is 0. The number of carbonyl (C=O) groups excluding carboxylic acids is 1. The normalized spacial score (nSPS) is 11.8. The Balaban J connectivity index is 2.12. The molecule has 0 unspecified atom stereocenters. The highest BCUT2D eigenvalue weighted by Crippen LogP contribution is 2.10. The number of amides is 1. The predicted molar refractivity (Wildman–Crippen MR) is 69.5 cm³/mol. The summed E-state index contributed by atoms with van der Waals surface area (Å²) in [4.78, 5) is 26.3. The molecule has 1 aromatic heterocycles. The number of para-hydroxylation sites is 1. The molecule has 2 rings (SSSR count). The standard InChI is InChI=1S/C13H13N3O4/c17-11(13(19)20)7-15-12(18)10-6-14-8-16(10)9-4-2-1-3-5-9/h1-6,8,11,17H,7H2,(H,15,18)(H,19,20)/t11-/m0/s1. The molecule has 0 saturated heterocycles. The van der Waals surface area contributed by atoms with Crippen molar-refractivity contribution in [3.05, 3.63) is 48.5 Å². The summed E-state index contributed by atoms with van der Waals surface area (Å²) in [6, 6.07) is 9.12. The number of aliphatic carboxylic acids is 1. The quantitative estimate of drug-likeness (QED) is 0.715. The summed E-state index contributed by atoms with van der Waals surface area (Å²) in [5.74, 6) is -1.89. The molecule has 104 valence electrons. The minimum absolute atomic E-state index is 0.258. The van der Waals surface area contributed by atoms with Gasteiger partial charge in [-0.25, -0.2) is 9.78 Å². The molecule has 0 spiro atoms. The van der Waals surface area contributed by atoms with E-state index in [-0.39, 0.29) is 12.2 Å². The summed E-state index contributed by atoms with van der Waals surface area (Å²) in [7, 11) is 0. The number of aliphatic hydroxyl groups excluding tert-OH is 1. The van der Waals surface area contributed by atoms with E-state index < -0.39 is 18.0 Å². The maximum atomic E-state index is 12.0. The third-order valence-electron chi connectivity index (χ3n) is 2.65. The van der Waals surface area contributed by atoms with E-state index >= 15 is 0 Å². The first-order valence-electron chi connectivity index (χ1n) is 5.86. The first-order valence-corrected chi connectivity index (χ1v) is 5.86. The second-order valence-corrected chi connectivity index (χ2v) is 4.05. The number of aromatic nitrogens is 2. The van der Waals surface area contributed by atoms with Crippen LogP contribution in [0.15, 0.2) is 42.9 Å². The van der Waals surface area contributed by atoms with Crippen molar-refractivity contribution in [1.29, 1.82) is 0 Å². The Kier molecular flexibility index (Phi) is 4.11. The van der Waals surface area contributed by atoms with Crippen LogP contribution in [-0.2, 0) is 4.79 Å². The van der Waals surface area contributed by atoms with Crippen LogP contribution in [0.5, 0.6) is 0 Å². The number of nitrogens with zero attached hydrogens (tertiary/aromatic N) is 2. The number of rotatable bonds is 5. The van der Waals surface area contributed by atoms with Gasteiger partial charge in [0.2, 0.25) is 0 Å². The monoisotopic (exact) mass is 275 g/mol. The lowest BCUT2D eigenvalue weighted by molar-refractivity contribution is -0.146. The Morgan fingerprint density at radius 3 is 2.65 bits per heavy atom. The van der Waals surface area contributed by atoms with E-state index in [0.717, 1.165) is 5.69 Å². The van der Waals surface area contributed by atoms with Crippen molar-refractivity contribution < 1.29 is 19.8 Å². The highest BCUT2D eigenvalue weighted by atomic mass is 16.4. The summed E-state index contributed by atoms with van der Waals surface area (Å²) in [5.41, 5.74) is 1.02. The number of benzene rings is 1. The minimum atomic E-state index is -1.63. The Hall–Kier alpha value is -2.67. The van der Waals surface area contributed by atoms with Gasteiger partial charge in [0.1, 0.15) is 5.69 Å². The molecule has 0 aliphatic carbocycles. The molecule has 7 nitrogen and oxygen atoms in total. The van der Waals surface area contributed by atoms with Crippen LogP contribution in [-0.4, -0.2) is 44.3 Å². The first-order chi connectivity index (χ1) is 9.59. The van der Waals surface area contributed by atoms with Crippen molar-refractivity contribution in [3.63, 3.8) is 0 Å². The van der Waals surface area contributed by atoms with Crippen molar-refractivity contribution >= 4 is 11.9 Å². The number of aliphatic hydroxyl groups is 1. The van der Waals surface area contributed by atoms with Crippen molar-refractivity contribution in [1.82, 2.24) is 14.9 Å². The van der Waals surface area contributed by atoms with Crippen LogP contribution in [0, 0.1) is 0 Å². The maximum absolute atomic E-state index is 12.0. The van der Waals surface area contributed by atoms with Gasteiger partial charge in [-0.2, -0.15) is 0 Å². The Bertz CT molecular complexity index is 609. The van der Waals surface area contributed by atoms with E-state index in [0.29, 0.717) is 0 Å². The molecular formula is C13H13N3O4. The molecule has 0 radical (unpaired) electrons. The number of nitrogens with one attached hydrogen (secondary N) is 1. The molecule has 0 aliphatic rings. The van der Waals surface area contributed by atoms with Gasteiger partial charge in [-0.3, -0.25) is 9.36 Å². The Morgan fingerprint density at radius 2 is 2.00 bits per heavy atom. The van der Waals surface area contributed by atoms with Gasteiger partial charge in [0, 0.05) is 5.69 Å². The fraction of sp³-hybridized carbons (Fsp3) is 0.154. The number of carbonyl (C=O) groups is 2. The molecule has 0 aliphatic heterocycles. The zero-order chi connectivity index (χ0) is 14.5. The van der Waals surface area contributed by atoms with Gasteiger partial charge in [0.05, 0.1) is 19.1 Å². The highest BCUT2D eigenvalue weighted by molar-refractivity contribution is 5.93. The Morgan fingerprint density at radius 1 is 1.30 bits per heavy atom. The van der Waals surface area contributed by atoms with E-state index in [1.165, 1.54) is 12.5 Å². The van der Waals surface area contributed by atoms with Crippen LogP contribution in [0.3, 0.4) is 0 Å². The lowest BCUT2D eigenvalue weighted by atomic mass is 10.3. The lowest BCUT2D eigenvalue weighted by Crippen LogP contribution is -2.37. The molecule has 7 heteroatoms. The summed E-state index contributed by atoms with van der Waals surface area (Å²) in [6.07, 6.45) is 1.22. The van der Waals surface area contributed by atoms with Gasteiger partial charge in [0.15, 0.2) is 6.10 Å². The molecule has 3 N–H and O–H groups in total. The number of carboxylic acid groups (broad SMARTS) is 1. The van der Waals surface area contributed by atoms with Crippen molar-refractivity contribution in [2.45, 2.75) is 6.10 Å². The van der Waals surface area contributed by atoms with Crippen molar-refractivity contribution in [2.24, 2.45) is 0 Å². The predicted octanol–water partition coefficient (Wildman–Crippen LogP) is 0.0476. The molecule has 1 atom stereocenters. The summed E-state index contributed by atoms with van der Waals surface area (Å²) < 4.78 is 1.57. The Labute approximate surface area is 114 Å². The first kappa shape index (κ1) is 13.8. The molecule has 2 aromatic rings. The minimum Gasteiger partial charge on any atom is -0.479 e. The van der Waals surface area contributed by atoms with Crippen molar-refractivity contribution in [2.75, 3.05) is 6.54 Å². The molecule has 1 amide bonds. The smallest absolute Gasteiger partial charge is 0.334 e. The highest BCUT2D eigenvalue weighted by Gasteiger charge is 2.17. The number of imidazole rings is 1. The molecule has 0 saturated carbocycles. The van der Waals surface area contributed by atoms with Crippen LogP contribution < -0.4 is 5.32 Å². The third-order valence-corrected chi connectivity index (χ3v) is 2.65. The van der Waals surface area contributed by atoms with E-state index in [1.807, 2.05) is 30.3 Å². The van der Waals surface area contributed by atoms with E-state index in [4.69, 9.17) is 10.2 Å². The molecule has 1 heterocycles. The van der Waals surface area contributed by atoms with Gasteiger partial charge in [-0.15, -0.1) is 0 Å². The number of carboxylic acids is 1. The van der Waals surface area contributed by atoms with Gasteiger partial charge in [-0.05, 0) is 12.1 Å². The third kappa shape index (κ3) is 3.01. The topological polar surface area (TPSA) is 104 Å². The number of hydrogen-bond donors (Lipinski definition) is 3. The fourth-order valence-corrected chi connectivity index (χ4v) is 1.62. The molecule has 0 fully saturated rings. The van der Waals surface area contributed by atoms with Crippen molar-refractivity contribution in [3.8, 4) is 5.69 Å². The van der Waals surface area contributed by atoms with Gasteiger partial charge in [0.25, 0.3) is 5.91 Å². The SMILES string of the molecule is O=C(NC[C@H](O)C(=O)O)c1cncn1-c1ccccc1.